The summed E-state index contributed by atoms with van der Waals surface area (Å²) < 4.78 is 5.78. The Labute approximate surface area is 215 Å². The van der Waals surface area contributed by atoms with E-state index in [1.165, 1.54) is 4.90 Å². The zero-order valence-corrected chi connectivity index (χ0v) is 20.6. The average molecular weight is 504 g/mol. The molecule has 4 rings (SSSR count). The summed E-state index contributed by atoms with van der Waals surface area (Å²) in [5, 5.41) is 7.83. The van der Waals surface area contributed by atoms with Gasteiger partial charge in [-0.3, -0.25) is 24.1 Å². The van der Waals surface area contributed by atoms with Crippen LogP contribution in [0.4, 0.5) is 5.69 Å². The summed E-state index contributed by atoms with van der Waals surface area (Å²) in [6.45, 7) is 2.32. The van der Waals surface area contributed by atoms with Crippen LogP contribution in [0.1, 0.15) is 11.1 Å². The van der Waals surface area contributed by atoms with Crippen LogP contribution in [0.25, 0.3) is 0 Å². The van der Waals surface area contributed by atoms with Gasteiger partial charge in [0, 0.05) is 32.2 Å². The second-order valence-corrected chi connectivity index (χ2v) is 8.77. The van der Waals surface area contributed by atoms with Crippen molar-refractivity contribution in [2.45, 2.75) is 12.5 Å². The normalized spacial score (nSPS) is 17.3. The number of benzene rings is 2. The van der Waals surface area contributed by atoms with E-state index in [1.807, 2.05) is 35.2 Å². The lowest BCUT2D eigenvalue weighted by molar-refractivity contribution is -0.140. The number of hydrogen-bond acceptors (Lipinski definition) is 6. The Morgan fingerprint density at radius 3 is 2.73 bits per heavy atom. The molecule has 0 aliphatic carbocycles. The van der Waals surface area contributed by atoms with Gasteiger partial charge in [0.2, 0.25) is 5.91 Å². The quantitative estimate of drug-likeness (QED) is 0.380. The summed E-state index contributed by atoms with van der Waals surface area (Å²) in [5.74, 6) is 4.47. The molecule has 2 aliphatic rings. The van der Waals surface area contributed by atoms with Crippen LogP contribution < -0.4 is 25.6 Å². The molecule has 192 valence electrons. The van der Waals surface area contributed by atoms with Crippen molar-refractivity contribution in [3.8, 4) is 17.6 Å². The summed E-state index contributed by atoms with van der Waals surface area (Å²) in [4.78, 5) is 52.6. The molecular formula is C27H29N5O5. The SMILES string of the molecule is CN1C(=O)[C@@H](NC(=O)C(=O)NCCc2ccccc2)COc2ccc(C#CCN3CCNC(=O)C3)cc21. The predicted molar refractivity (Wildman–Crippen MR) is 137 cm³/mol. The summed E-state index contributed by atoms with van der Waals surface area (Å²) in [7, 11) is 1.58. The highest BCUT2D eigenvalue weighted by molar-refractivity contribution is 6.35. The Bertz CT molecular complexity index is 1240. The number of rotatable bonds is 5. The first kappa shape index (κ1) is 25.7. The number of nitrogens with zero attached hydrogens (tertiary/aromatic N) is 2. The molecular weight excluding hydrogens is 474 g/mol. The number of amides is 4. The van der Waals surface area contributed by atoms with Crippen molar-refractivity contribution in [2.75, 3.05) is 51.3 Å². The molecule has 1 atom stereocenters. The van der Waals surface area contributed by atoms with Gasteiger partial charge in [0.1, 0.15) is 18.4 Å². The van der Waals surface area contributed by atoms with Gasteiger partial charge in [0.05, 0.1) is 18.8 Å². The number of piperazine rings is 1. The van der Waals surface area contributed by atoms with Gasteiger partial charge in [-0.15, -0.1) is 0 Å². The first-order valence-corrected chi connectivity index (χ1v) is 12.1. The summed E-state index contributed by atoms with van der Waals surface area (Å²) in [6, 6.07) is 13.8. The molecule has 0 radical (unpaired) electrons. The van der Waals surface area contributed by atoms with Crippen LogP contribution in [0.5, 0.6) is 5.75 Å². The first-order valence-electron chi connectivity index (χ1n) is 12.1. The van der Waals surface area contributed by atoms with E-state index in [4.69, 9.17) is 4.74 Å². The van der Waals surface area contributed by atoms with E-state index in [0.29, 0.717) is 49.6 Å². The molecule has 2 aromatic rings. The molecule has 10 nitrogen and oxygen atoms in total. The number of carbonyl (C=O) groups excluding carboxylic acids is 4. The Hall–Kier alpha value is -4.36. The van der Waals surface area contributed by atoms with Crippen LogP contribution in [-0.2, 0) is 25.6 Å². The first-order chi connectivity index (χ1) is 17.9. The van der Waals surface area contributed by atoms with Crippen LogP contribution in [0, 0.1) is 11.8 Å². The third kappa shape index (κ3) is 6.86. The fraction of sp³-hybridized carbons (Fsp3) is 0.333. The zero-order chi connectivity index (χ0) is 26.2. The predicted octanol–water partition coefficient (Wildman–Crippen LogP) is -0.331. The summed E-state index contributed by atoms with van der Waals surface area (Å²) in [5.41, 5.74) is 2.24. The van der Waals surface area contributed by atoms with Crippen molar-refractivity contribution in [3.05, 3.63) is 59.7 Å². The van der Waals surface area contributed by atoms with Gasteiger partial charge in [0.15, 0.2) is 0 Å². The van der Waals surface area contributed by atoms with E-state index >= 15 is 0 Å². The van der Waals surface area contributed by atoms with Crippen LogP contribution in [0.2, 0.25) is 0 Å². The van der Waals surface area contributed by atoms with Gasteiger partial charge >= 0.3 is 11.8 Å². The molecule has 0 bridgehead atoms. The third-order valence-electron chi connectivity index (χ3n) is 6.06. The Balaban J connectivity index is 1.33. The lowest BCUT2D eigenvalue weighted by atomic mass is 10.1. The van der Waals surface area contributed by atoms with Gasteiger partial charge in [0.25, 0.3) is 5.91 Å². The van der Waals surface area contributed by atoms with Crippen molar-refractivity contribution < 1.29 is 23.9 Å². The molecule has 2 aliphatic heterocycles. The highest BCUT2D eigenvalue weighted by Crippen LogP contribution is 2.31. The van der Waals surface area contributed by atoms with Crippen molar-refractivity contribution in [2.24, 2.45) is 0 Å². The Kier molecular flexibility index (Phi) is 8.38. The topological polar surface area (TPSA) is 120 Å². The largest absolute Gasteiger partial charge is 0.489 e. The molecule has 4 amide bonds. The molecule has 10 heteroatoms. The minimum atomic E-state index is -1.02. The second kappa shape index (κ2) is 12.1. The van der Waals surface area contributed by atoms with E-state index in [1.54, 1.807) is 25.2 Å². The fourth-order valence-electron chi connectivity index (χ4n) is 4.03. The minimum Gasteiger partial charge on any atom is -0.489 e. The molecule has 1 fully saturated rings. The van der Waals surface area contributed by atoms with Gasteiger partial charge in [-0.2, -0.15) is 0 Å². The zero-order valence-electron chi connectivity index (χ0n) is 20.6. The molecule has 0 saturated carbocycles. The molecule has 3 N–H and O–H groups in total. The highest BCUT2D eigenvalue weighted by atomic mass is 16.5. The molecule has 0 unspecified atom stereocenters. The van der Waals surface area contributed by atoms with Crippen LogP contribution in [0.15, 0.2) is 48.5 Å². The van der Waals surface area contributed by atoms with E-state index < -0.39 is 23.8 Å². The minimum absolute atomic E-state index is 0.0123. The van der Waals surface area contributed by atoms with Crippen molar-refractivity contribution >= 4 is 29.3 Å². The maximum Gasteiger partial charge on any atom is 0.310 e. The summed E-state index contributed by atoms with van der Waals surface area (Å²) in [6.07, 6.45) is 0.585. The number of ether oxygens (including phenoxy) is 1. The molecule has 2 heterocycles. The Morgan fingerprint density at radius 2 is 1.95 bits per heavy atom. The number of likely N-dealkylation sites (N-methyl/N-ethyl adjacent to an activating group) is 1. The van der Waals surface area contributed by atoms with Crippen molar-refractivity contribution in [3.63, 3.8) is 0 Å². The molecule has 0 spiro atoms. The lowest BCUT2D eigenvalue weighted by Crippen LogP contribution is -2.53. The molecule has 2 aromatic carbocycles. The highest BCUT2D eigenvalue weighted by Gasteiger charge is 2.32. The van der Waals surface area contributed by atoms with Crippen LogP contribution >= 0.6 is 0 Å². The number of anilines is 1. The van der Waals surface area contributed by atoms with Crippen LogP contribution in [0.3, 0.4) is 0 Å². The molecule has 0 aromatic heterocycles. The standard InChI is InChI=1S/C27H29N5O5/c1-31-22-16-20(8-5-14-32-15-13-28-24(33)17-32)9-10-23(22)37-18-21(27(31)36)30-26(35)25(34)29-12-11-19-6-3-2-4-7-19/h2-4,6-7,9-10,16,21H,11-15,17-18H2,1H3,(H,28,33)(H,29,34)(H,30,35)/t21-/m0/s1. The Morgan fingerprint density at radius 1 is 1.14 bits per heavy atom. The molecule has 37 heavy (non-hydrogen) atoms. The van der Waals surface area contributed by atoms with Crippen molar-refractivity contribution in [1.82, 2.24) is 20.9 Å². The smallest absolute Gasteiger partial charge is 0.310 e. The van der Waals surface area contributed by atoms with Gasteiger partial charge in [-0.1, -0.05) is 42.2 Å². The maximum absolute atomic E-state index is 13.0. The summed E-state index contributed by atoms with van der Waals surface area (Å²) >= 11 is 0. The second-order valence-electron chi connectivity index (χ2n) is 8.77. The van der Waals surface area contributed by atoms with E-state index in [9.17, 15) is 19.2 Å². The maximum atomic E-state index is 13.0. The number of nitrogens with one attached hydrogen (secondary N) is 3. The lowest BCUT2D eigenvalue weighted by Gasteiger charge is -2.24. The van der Waals surface area contributed by atoms with E-state index in [-0.39, 0.29) is 12.5 Å². The van der Waals surface area contributed by atoms with Crippen LogP contribution in [-0.4, -0.2) is 80.9 Å². The van der Waals surface area contributed by atoms with Crippen molar-refractivity contribution in [1.29, 1.82) is 0 Å². The van der Waals surface area contributed by atoms with E-state index in [0.717, 1.165) is 12.1 Å². The fourth-order valence-corrected chi connectivity index (χ4v) is 4.03. The third-order valence-corrected chi connectivity index (χ3v) is 6.06. The monoisotopic (exact) mass is 503 g/mol. The molecule has 1 saturated heterocycles. The van der Waals surface area contributed by atoms with Gasteiger partial charge < -0.3 is 25.6 Å². The average Bonchev–Trinajstić information content (AvgIpc) is 3.01. The number of hydrogen-bond donors (Lipinski definition) is 3. The number of carbonyl (C=O) groups is 4. The number of fused-ring (bicyclic) bond motifs is 1. The van der Waals surface area contributed by atoms with E-state index in [2.05, 4.69) is 27.8 Å². The van der Waals surface area contributed by atoms with Gasteiger partial charge in [-0.05, 0) is 30.2 Å². The van der Waals surface area contributed by atoms with Gasteiger partial charge in [-0.25, -0.2) is 0 Å².